The van der Waals surface area contributed by atoms with E-state index in [0.717, 1.165) is 0 Å². The first-order valence-electron chi connectivity index (χ1n) is 6.79. The molecule has 1 aliphatic heterocycles. The topological polar surface area (TPSA) is 80.3 Å². The van der Waals surface area contributed by atoms with Gasteiger partial charge >= 0.3 is 11.9 Å². The zero-order valence-corrected chi connectivity index (χ0v) is 13.6. The zero-order chi connectivity index (χ0) is 17.2. The van der Waals surface area contributed by atoms with E-state index in [2.05, 4.69) is 0 Å². The van der Waals surface area contributed by atoms with Gasteiger partial charge in [-0.3, -0.25) is 0 Å². The number of carbonyl (C=O) groups excluding carboxylic acids is 2. The van der Waals surface area contributed by atoms with E-state index in [0.29, 0.717) is 22.8 Å². The predicted octanol–water partition coefficient (Wildman–Crippen LogP) is 1.93. The highest BCUT2D eigenvalue weighted by Gasteiger charge is 2.39. The molecule has 1 aromatic rings. The van der Waals surface area contributed by atoms with Gasteiger partial charge in [0.1, 0.15) is 11.3 Å². The van der Waals surface area contributed by atoms with E-state index in [4.69, 9.17) is 23.7 Å². The van der Waals surface area contributed by atoms with Gasteiger partial charge in [-0.1, -0.05) is 0 Å². The smallest absolute Gasteiger partial charge is 0.348 e. The van der Waals surface area contributed by atoms with E-state index >= 15 is 0 Å². The fourth-order valence-electron chi connectivity index (χ4n) is 2.13. The zero-order valence-electron chi connectivity index (χ0n) is 13.6. The van der Waals surface area contributed by atoms with Crippen molar-refractivity contribution in [3.05, 3.63) is 23.3 Å². The maximum Gasteiger partial charge on any atom is 0.348 e. The van der Waals surface area contributed by atoms with Crippen LogP contribution in [-0.4, -0.2) is 39.1 Å². The second kappa shape index (κ2) is 6.20. The third-order valence-electron chi connectivity index (χ3n) is 3.13. The van der Waals surface area contributed by atoms with Crippen LogP contribution in [0.1, 0.15) is 19.4 Å². The van der Waals surface area contributed by atoms with Gasteiger partial charge in [-0.15, -0.1) is 0 Å². The number of hydrogen-bond acceptors (Lipinski definition) is 7. The molecule has 0 aromatic heterocycles. The summed E-state index contributed by atoms with van der Waals surface area (Å²) < 4.78 is 25.8. The van der Waals surface area contributed by atoms with Gasteiger partial charge in [0.25, 0.3) is 5.79 Å². The normalized spacial score (nSPS) is 16.3. The van der Waals surface area contributed by atoms with E-state index in [9.17, 15) is 9.59 Å². The molecule has 7 nitrogen and oxygen atoms in total. The highest BCUT2D eigenvalue weighted by molar-refractivity contribution is 6.19. The van der Waals surface area contributed by atoms with E-state index in [1.54, 1.807) is 12.1 Å². The molecule has 2 rings (SSSR count). The first kappa shape index (κ1) is 16.7. The van der Waals surface area contributed by atoms with Crippen LogP contribution < -0.4 is 14.2 Å². The van der Waals surface area contributed by atoms with Crippen molar-refractivity contribution in [2.24, 2.45) is 0 Å². The second-order valence-electron chi connectivity index (χ2n) is 5.19. The largest absolute Gasteiger partial charge is 0.497 e. The minimum absolute atomic E-state index is 0.238. The summed E-state index contributed by atoms with van der Waals surface area (Å²) in [5, 5.41) is 0. The van der Waals surface area contributed by atoms with Gasteiger partial charge in [0.2, 0.25) is 0 Å². The summed E-state index contributed by atoms with van der Waals surface area (Å²) in [5.74, 6) is -1.60. The van der Waals surface area contributed by atoms with Crippen molar-refractivity contribution in [1.29, 1.82) is 0 Å². The van der Waals surface area contributed by atoms with Crippen LogP contribution >= 0.6 is 0 Å². The van der Waals surface area contributed by atoms with Gasteiger partial charge in [0.05, 0.1) is 21.3 Å². The molecular weight excluding hydrogens is 304 g/mol. The fourth-order valence-corrected chi connectivity index (χ4v) is 2.13. The lowest BCUT2D eigenvalue weighted by Gasteiger charge is -2.29. The number of ether oxygens (including phenoxy) is 5. The standard InChI is InChI=1S/C16H18O7/c1-16(2)22-14(17)11(15(18)23-16)7-9-6-10(19-3)8-12(20-4)13(9)21-5/h6-8H,1-5H3. The molecular formula is C16H18O7. The molecule has 0 radical (unpaired) electrons. The number of esters is 2. The molecule has 0 aliphatic carbocycles. The van der Waals surface area contributed by atoms with Gasteiger partial charge in [0.15, 0.2) is 11.5 Å². The SMILES string of the molecule is COc1cc(C=C2C(=O)OC(C)(C)OC2=O)c(OC)c(OC)c1. The third-order valence-corrected chi connectivity index (χ3v) is 3.13. The second-order valence-corrected chi connectivity index (χ2v) is 5.19. The van der Waals surface area contributed by atoms with Crippen LogP contribution in [-0.2, 0) is 19.1 Å². The maximum absolute atomic E-state index is 12.0. The Bertz CT molecular complexity index is 651. The summed E-state index contributed by atoms with van der Waals surface area (Å²) >= 11 is 0. The molecule has 0 spiro atoms. The summed E-state index contributed by atoms with van der Waals surface area (Å²) in [4.78, 5) is 24.1. The highest BCUT2D eigenvalue weighted by Crippen LogP contribution is 2.37. The summed E-state index contributed by atoms with van der Waals surface area (Å²) in [7, 11) is 4.41. The quantitative estimate of drug-likeness (QED) is 0.476. The van der Waals surface area contributed by atoms with Crippen LogP contribution in [0.4, 0.5) is 0 Å². The van der Waals surface area contributed by atoms with Crippen molar-refractivity contribution in [2.75, 3.05) is 21.3 Å². The molecule has 7 heteroatoms. The van der Waals surface area contributed by atoms with Crippen molar-refractivity contribution in [2.45, 2.75) is 19.6 Å². The molecule has 0 amide bonds. The molecule has 1 aliphatic rings. The summed E-state index contributed by atoms with van der Waals surface area (Å²) in [5.41, 5.74) is 0.185. The minimum atomic E-state index is -1.29. The van der Waals surface area contributed by atoms with Crippen molar-refractivity contribution >= 4 is 18.0 Å². The minimum Gasteiger partial charge on any atom is -0.497 e. The van der Waals surface area contributed by atoms with Crippen LogP contribution in [0.3, 0.4) is 0 Å². The average molecular weight is 322 g/mol. The fraction of sp³-hybridized carbons (Fsp3) is 0.375. The van der Waals surface area contributed by atoms with Gasteiger partial charge in [-0.2, -0.15) is 0 Å². The highest BCUT2D eigenvalue weighted by atomic mass is 16.7. The molecule has 0 bridgehead atoms. The van der Waals surface area contributed by atoms with E-state index in [1.165, 1.54) is 41.3 Å². The molecule has 0 atom stereocenters. The first-order valence-corrected chi connectivity index (χ1v) is 6.79. The monoisotopic (exact) mass is 322 g/mol. The maximum atomic E-state index is 12.0. The Morgan fingerprint density at radius 2 is 1.57 bits per heavy atom. The third kappa shape index (κ3) is 3.39. The molecule has 0 N–H and O–H groups in total. The number of hydrogen-bond donors (Lipinski definition) is 0. The summed E-state index contributed by atoms with van der Waals surface area (Å²) in [6.45, 7) is 2.96. The van der Waals surface area contributed by atoms with Crippen LogP contribution in [0.5, 0.6) is 17.2 Å². The van der Waals surface area contributed by atoms with Gasteiger partial charge < -0.3 is 23.7 Å². The summed E-state index contributed by atoms with van der Waals surface area (Å²) in [6, 6.07) is 3.23. The Labute approximate surface area is 133 Å². The van der Waals surface area contributed by atoms with E-state index < -0.39 is 17.7 Å². The van der Waals surface area contributed by atoms with Crippen molar-refractivity contribution in [1.82, 2.24) is 0 Å². The van der Waals surface area contributed by atoms with E-state index in [1.807, 2.05) is 0 Å². The average Bonchev–Trinajstić information content (AvgIpc) is 2.48. The van der Waals surface area contributed by atoms with Gasteiger partial charge in [-0.25, -0.2) is 9.59 Å². The van der Waals surface area contributed by atoms with Crippen LogP contribution in [0, 0.1) is 0 Å². The van der Waals surface area contributed by atoms with E-state index in [-0.39, 0.29) is 5.57 Å². The Hall–Kier alpha value is -2.70. The van der Waals surface area contributed by atoms with Crippen molar-refractivity contribution < 1.29 is 33.3 Å². The van der Waals surface area contributed by atoms with Crippen molar-refractivity contribution in [3.63, 3.8) is 0 Å². The van der Waals surface area contributed by atoms with Crippen LogP contribution in [0.2, 0.25) is 0 Å². The molecule has 1 fully saturated rings. The molecule has 0 saturated carbocycles. The molecule has 124 valence electrons. The lowest BCUT2D eigenvalue weighted by molar-refractivity contribution is -0.222. The summed E-state index contributed by atoms with van der Waals surface area (Å²) in [6.07, 6.45) is 1.32. The number of carbonyl (C=O) groups is 2. The molecule has 1 aromatic carbocycles. The van der Waals surface area contributed by atoms with Gasteiger partial charge in [0, 0.05) is 25.5 Å². The van der Waals surface area contributed by atoms with Crippen LogP contribution in [0.25, 0.3) is 6.08 Å². The van der Waals surface area contributed by atoms with Crippen LogP contribution in [0.15, 0.2) is 17.7 Å². The Morgan fingerprint density at radius 3 is 2.04 bits per heavy atom. The number of cyclic esters (lactones) is 2. The first-order chi connectivity index (χ1) is 10.8. The number of benzene rings is 1. The molecule has 0 unspecified atom stereocenters. The number of methoxy groups -OCH3 is 3. The Kier molecular flexibility index (Phi) is 4.49. The number of rotatable bonds is 4. The lowest BCUT2D eigenvalue weighted by Crippen LogP contribution is -2.41. The van der Waals surface area contributed by atoms with Crippen molar-refractivity contribution in [3.8, 4) is 17.2 Å². The lowest BCUT2D eigenvalue weighted by atomic mass is 10.1. The molecule has 23 heavy (non-hydrogen) atoms. The predicted molar refractivity (Wildman–Crippen MR) is 80.3 cm³/mol. The van der Waals surface area contributed by atoms with Gasteiger partial charge in [-0.05, 0) is 12.1 Å². The molecule has 1 heterocycles. The Balaban J connectivity index is 2.53. The Morgan fingerprint density at radius 1 is 0.957 bits per heavy atom. The molecule has 1 saturated heterocycles.